The Labute approximate surface area is 106 Å². The maximum atomic E-state index is 5.24. The molecule has 2 nitrogen and oxygen atoms in total. The fraction of sp³-hybridized carbons (Fsp3) is 0.286. The molecule has 0 saturated heterocycles. The third kappa shape index (κ3) is 2.42. The summed E-state index contributed by atoms with van der Waals surface area (Å²) in [5.74, 6) is 3.19. The number of fused-ring (bicyclic) bond motifs is 1. The molecule has 0 fully saturated rings. The maximum absolute atomic E-state index is 5.24. The lowest BCUT2D eigenvalue weighted by molar-refractivity contribution is 0.969. The molecule has 0 radical (unpaired) electrons. The molecule has 3 heteroatoms. The van der Waals surface area contributed by atoms with E-state index in [1.165, 1.54) is 22.9 Å². The van der Waals surface area contributed by atoms with Crippen LogP contribution in [-0.4, -0.2) is 15.7 Å². The number of hydrogen-bond acceptors (Lipinski definition) is 3. The predicted molar refractivity (Wildman–Crippen MR) is 73.3 cm³/mol. The van der Waals surface area contributed by atoms with Gasteiger partial charge in [0.25, 0.3) is 0 Å². The molecule has 17 heavy (non-hydrogen) atoms. The summed E-state index contributed by atoms with van der Waals surface area (Å²) < 4.78 is 0. The smallest absolute Gasteiger partial charge is 0.189 e. The van der Waals surface area contributed by atoms with Crippen molar-refractivity contribution >= 4 is 22.7 Å². The van der Waals surface area contributed by atoms with Crippen LogP contribution in [0, 0.1) is 33.1 Å². The van der Waals surface area contributed by atoms with Crippen molar-refractivity contribution in [3.8, 4) is 12.3 Å². The van der Waals surface area contributed by atoms with Crippen LogP contribution < -0.4 is 0 Å². The molecule has 0 N–H and O–H groups in total. The topological polar surface area (TPSA) is 25.8 Å². The largest absolute Gasteiger partial charge is 0.227 e. The van der Waals surface area contributed by atoms with Crippen LogP contribution in [-0.2, 0) is 0 Å². The summed E-state index contributed by atoms with van der Waals surface area (Å²) in [6, 6.07) is 4.26. The van der Waals surface area contributed by atoms with Gasteiger partial charge in [-0.3, -0.25) is 0 Å². The van der Waals surface area contributed by atoms with E-state index in [9.17, 15) is 0 Å². The van der Waals surface area contributed by atoms with E-state index < -0.39 is 0 Å². The number of benzene rings is 1. The first-order chi connectivity index (χ1) is 8.11. The molecule has 0 spiro atoms. The first-order valence-corrected chi connectivity index (χ1v) is 6.42. The Morgan fingerprint density at radius 3 is 2.59 bits per heavy atom. The Hall–Kier alpha value is -1.53. The molecule has 0 unspecified atom stereocenters. The molecule has 0 aliphatic carbocycles. The van der Waals surface area contributed by atoms with Gasteiger partial charge in [-0.15, -0.1) is 6.42 Å². The van der Waals surface area contributed by atoms with Crippen LogP contribution in [0.15, 0.2) is 17.3 Å². The lowest BCUT2D eigenvalue weighted by atomic mass is 10.1. The highest BCUT2D eigenvalue weighted by Gasteiger charge is 2.06. The molecule has 0 aliphatic heterocycles. The van der Waals surface area contributed by atoms with Gasteiger partial charge in [-0.1, -0.05) is 17.7 Å². The second kappa shape index (κ2) is 4.77. The van der Waals surface area contributed by atoms with E-state index in [1.54, 1.807) is 0 Å². The summed E-state index contributed by atoms with van der Waals surface area (Å²) in [5.41, 5.74) is 4.54. The lowest BCUT2D eigenvalue weighted by Crippen LogP contribution is -1.95. The number of hydrogen-bond donors (Lipinski definition) is 0. The van der Waals surface area contributed by atoms with E-state index in [2.05, 4.69) is 41.9 Å². The Bertz CT molecular complexity index is 612. The molecular weight excluding hydrogens is 228 g/mol. The highest BCUT2D eigenvalue weighted by atomic mass is 32.2. The van der Waals surface area contributed by atoms with Gasteiger partial charge in [0.05, 0.1) is 11.3 Å². The Morgan fingerprint density at radius 2 is 1.88 bits per heavy atom. The number of thioether (sulfide) groups is 1. The normalized spacial score (nSPS) is 10.5. The highest BCUT2D eigenvalue weighted by Crippen LogP contribution is 2.23. The van der Waals surface area contributed by atoms with Gasteiger partial charge in [0.2, 0.25) is 0 Å². The van der Waals surface area contributed by atoms with E-state index in [-0.39, 0.29) is 0 Å². The Kier molecular flexibility index (Phi) is 3.35. The number of aryl methyl sites for hydroxylation is 3. The molecule has 86 valence electrons. The van der Waals surface area contributed by atoms with Crippen LogP contribution >= 0.6 is 11.8 Å². The Balaban J connectivity index is 2.57. The van der Waals surface area contributed by atoms with Gasteiger partial charge in [0.15, 0.2) is 5.16 Å². The minimum Gasteiger partial charge on any atom is -0.227 e. The summed E-state index contributed by atoms with van der Waals surface area (Å²) in [7, 11) is 0. The monoisotopic (exact) mass is 242 g/mol. The maximum Gasteiger partial charge on any atom is 0.189 e. The van der Waals surface area contributed by atoms with Crippen molar-refractivity contribution in [3.63, 3.8) is 0 Å². The molecule has 2 rings (SSSR count). The SMILES string of the molecule is C#CCSc1nc(C)c2cc(C)c(C)cc2n1. The summed E-state index contributed by atoms with van der Waals surface area (Å²) in [5, 5.41) is 1.88. The summed E-state index contributed by atoms with van der Waals surface area (Å²) in [6.45, 7) is 6.22. The van der Waals surface area contributed by atoms with Gasteiger partial charge < -0.3 is 0 Å². The number of rotatable bonds is 2. The van der Waals surface area contributed by atoms with Gasteiger partial charge in [-0.25, -0.2) is 9.97 Å². The fourth-order valence-electron chi connectivity index (χ4n) is 1.69. The fourth-order valence-corrected chi connectivity index (χ4v) is 2.26. The van der Waals surface area contributed by atoms with Crippen LogP contribution in [0.5, 0.6) is 0 Å². The zero-order chi connectivity index (χ0) is 12.4. The van der Waals surface area contributed by atoms with Crippen molar-refractivity contribution in [1.82, 2.24) is 9.97 Å². The second-order valence-electron chi connectivity index (χ2n) is 4.04. The van der Waals surface area contributed by atoms with Gasteiger partial charge in [-0.05, 0) is 44.0 Å². The van der Waals surface area contributed by atoms with E-state index >= 15 is 0 Å². The quantitative estimate of drug-likeness (QED) is 0.459. The summed E-state index contributed by atoms with van der Waals surface area (Å²) in [4.78, 5) is 9.00. The third-order valence-corrected chi connectivity index (χ3v) is 3.52. The van der Waals surface area contributed by atoms with Gasteiger partial charge >= 0.3 is 0 Å². The van der Waals surface area contributed by atoms with E-state index in [0.29, 0.717) is 5.75 Å². The molecule has 0 bridgehead atoms. The molecule has 1 aromatic carbocycles. The van der Waals surface area contributed by atoms with Crippen molar-refractivity contribution in [1.29, 1.82) is 0 Å². The average Bonchev–Trinajstić information content (AvgIpc) is 2.29. The minimum atomic E-state index is 0.607. The summed E-state index contributed by atoms with van der Waals surface area (Å²) >= 11 is 1.50. The summed E-state index contributed by atoms with van der Waals surface area (Å²) in [6.07, 6.45) is 5.24. The molecule has 1 heterocycles. The third-order valence-electron chi connectivity index (χ3n) is 2.77. The van der Waals surface area contributed by atoms with Crippen LogP contribution in [0.2, 0.25) is 0 Å². The number of nitrogens with zero attached hydrogens (tertiary/aromatic N) is 2. The molecule has 1 aromatic heterocycles. The standard InChI is InChI=1S/C14H14N2S/c1-5-6-17-14-15-11(4)12-7-9(2)10(3)8-13(12)16-14/h1,7-8H,6H2,2-4H3. The Morgan fingerprint density at radius 1 is 1.18 bits per heavy atom. The van der Waals surface area contributed by atoms with Crippen molar-refractivity contribution < 1.29 is 0 Å². The second-order valence-corrected chi connectivity index (χ2v) is 4.98. The highest BCUT2D eigenvalue weighted by molar-refractivity contribution is 7.99. The molecular formula is C14H14N2S. The van der Waals surface area contributed by atoms with Crippen LogP contribution in [0.25, 0.3) is 10.9 Å². The van der Waals surface area contributed by atoms with Crippen molar-refractivity contribution in [2.45, 2.75) is 25.9 Å². The lowest BCUT2D eigenvalue weighted by Gasteiger charge is -2.07. The molecule has 0 atom stereocenters. The van der Waals surface area contributed by atoms with Crippen molar-refractivity contribution in [2.75, 3.05) is 5.75 Å². The van der Waals surface area contributed by atoms with Gasteiger partial charge in [-0.2, -0.15) is 0 Å². The minimum absolute atomic E-state index is 0.607. The molecule has 0 saturated carbocycles. The first kappa shape index (κ1) is 11.9. The van der Waals surface area contributed by atoms with Gasteiger partial charge in [0.1, 0.15) is 0 Å². The van der Waals surface area contributed by atoms with Crippen molar-refractivity contribution in [3.05, 3.63) is 29.0 Å². The van der Waals surface area contributed by atoms with E-state index in [4.69, 9.17) is 6.42 Å². The number of aromatic nitrogens is 2. The first-order valence-electron chi connectivity index (χ1n) is 5.43. The predicted octanol–water partition coefficient (Wildman–Crippen LogP) is 3.28. The molecule has 0 amide bonds. The van der Waals surface area contributed by atoms with Crippen LogP contribution in [0.1, 0.15) is 16.8 Å². The molecule has 2 aromatic rings. The number of terminal acetylenes is 1. The van der Waals surface area contributed by atoms with E-state index in [0.717, 1.165) is 21.8 Å². The van der Waals surface area contributed by atoms with Crippen molar-refractivity contribution in [2.24, 2.45) is 0 Å². The van der Waals surface area contributed by atoms with Gasteiger partial charge in [0, 0.05) is 11.1 Å². The van der Waals surface area contributed by atoms with E-state index in [1.807, 2.05) is 6.92 Å². The zero-order valence-electron chi connectivity index (χ0n) is 10.2. The molecule has 0 aliphatic rings. The zero-order valence-corrected chi connectivity index (χ0v) is 11.1. The van der Waals surface area contributed by atoms with Crippen LogP contribution in [0.3, 0.4) is 0 Å². The average molecular weight is 242 g/mol. The van der Waals surface area contributed by atoms with Crippen LogP contribution in [0.4, 0.5) is 0 Å².